The molecule has 0 aliphatic rings. The molecule has 0 aliphatic heterocycles. The lowest BCUT2D eigenvalue weighted by molar-refractivity contribution is 0.259. The molecule has 1 heterocycles. The molecule has 0 radical (unpaired) electrons. The molecule has 1 N–H and O–H groups in total. The third-order valence-corrected chi connectivity index (χ3v) is 2.80. The summed E-state index contributed by atoms with van der Waals surface area (Å²) in [5, 5.41) is 3.31. The molecule has 21 heavy (non-hydrogen) atoms. The zero-order valence-corrected chi connectivity index (χ0v) is 12.6. The van der Waals surface area contributed by atoms with Gasteiger partial charge in [-0.2, -0.15) is 4.98 Å². The molecule has 4 nitrogen and oxygen atoms in total. The van der Waals surface area contributed by atoms with Gasteiger partial charge in [0.15, 0.2) is 0 Å². The topological polar surface area (TPSA) is 47.3 Å². The van der Waals surface area contributed by atoms with Gasteiger partial charge < -0.3 is 14.5 Å². The third kappa shape index (κ3) is 5.83. The minimum absolute atomic E-state index is 0.314. The zero-order chi connectivity index (χ0) is 14.9. The summed E-state index contributed by atoms with van der Waals surface area (Å²) in [6, 6.07) is 10.1. The van der Waals surface area contributed by atoms with Crippen LogP contribution >= 0.6 is 0 Å². The number of nitrogens with zero attached hydrogens (tertiary/aromatic N) is 1. The molecule has 1 aromatic heterocycles. The van der Waals surface area contributed by atoms with E-state index in [-0.39, 0.29) is 0 Å². The first-order valence-corrected chi connectivity index (χ1v) is 7.23. The number of nitrogens with one attached hydrogen (secondary N) is 1. The molecule has 0 bridgehead atoms. The van der Waals surface area contributed by atoms with Gasteiger partial charge in [-0.3, -0.25) is 0 Å². The fraction of sp³-hybridized carbons (Fsp3) is 0.353. The average Bonchev–Trinajstić information content (AvgIpc) is 2.92. The fourth-order valence-corrected chi connectivity index (χ4v) is 1.79. The first kappa shape index (κ1) is 15.3. The first-order chi connectivity index (χ1) is 10.2. The largest absolute Gasteiger partial charge is 0.446 e. The van der Waals surface area contributed by atoms with E-state index < -0.39 is 0 Å². The molecule has 0 atom stereocenters. The highest BCUT2D eigenvalue weighted by atomic mass is 16.6. The molecule has 0 saturated heterocycles. The molecule has 1 aromatic carbocycles. The van der Waals surface area contributed by atoms with Crippen LogP contribution in [0.4, 0.5) is 0 Å². The lowest BCUT2D eigenvalue weighted by Crippen LogP contribution is -2.19. The number of rotatable bonds is 8. The molecular weight excluding hydrogens is 264 g/mol. The molecular formula is C17H22N2O2. The molecule has 0 amide bonds. The summed E-state index contributed by atoms with van der Waals surface area (Å²) in [5.74, 6) is 0.621. The van der Waals surface area contributed by atoms with Crippen molar-refractivity contribution < 1.29 is 9.15 Å². The van der Waals surface area contributed by atoms with Gasteiger partial charge in [0, 0.05) is 6.54 Å². The summed E-state index contributed by atoms with van der Waals surface area (Å²) in [6.07, 6.45) is 5.89. The minimum atomic E-state index is 0.314. The summed E-state index contributed by atoms with van der Waals surface area (Å²) in [5.41, 5.74) is 2.00. The zero-order valence-electron chi connectivity index (χ0n) is 12.6. The molecule has 0 spiro atoms. The van der Waals surface area contributed by atoms with Crippen molar-refractivity contribution in [3.05, 3.63) is 53.9 Å². The van der Waals surface area contributed by atoms with Crippen LogP contribution in [0.15, 0.2) is 47.1 Å². The van der Waals surface area contributed by atoms with Crippen LogP contribution in [-0.4, -0.2) is 18.1 Å². The number of oxazole rings is 1. The highest BCUT2D eigenvalue weighted by Gasteiger charge is 2.04. The SMILES string of the molecule is CC(C)CNCc1coc(OC/C=C/c2ccccc2)n1. The molecule has 0 unspecified atom stereocenters. The van der Waals surface area contributed by atoms with Crippen molar-refractivity contribution in [1.82, 2.24) is 10.3 Å². The van der Waals surface area contributed by atoms with Crippen molar-refractivity contribution in [2.45, 2.75) is 20.4 Å². The maximum absolute atomic E-state index is 5.44. The van der Waals surface area contributed by atoms with Crippen LogP contribution in [0.25, 0.3) is 6.08 Å². The van der Waals surface area contributed by atoms with Gasteiger partial charge in [-0.15, -0.1) is 0 Å². The van der Waals surface area contributed by atoms with Crippen LogP contribution in [0.3, 0.4) is 0 Å². The van der Waals surface area contributed by atoms with E-state index in [0.29, 0.717) is 25.1 Å². The highest BCUT2D eigenvalue weighted by Crippen LogP contribution is 2.10. The van der Waals surface area contributed by atoms with Crippen LogP contribution in [0.2, 0.25) is 0 Å². The number of aromatic nitrogens is 1. The maximum Gasteiger partial charge on any atom is 0.394 e. The first-order valence-electron chi connectivity index (χ1n) is 7.23. The highest BCUT2D eigenvalue weighted by molar-refractivity contribution is 5.48. The summed E-state index contributed by atoms with van der Waals surface area (Å²) in [6.45, 7) is 6.44. The van der Waals surface area contributed by atoms with Crippen LogP contribution < -0.4 is 10.1 Å². The van der Waals surface area contributed by atoms with Crippen molar-refractivity contribution in [2.75, 3.05) is 13.2 Å². The van der Waals surface area contributed by atoms with E-state index >= 15 is 0 Å². The molecule has 112 valence electrons. The summed E-state index contributed by atoms with van der Waals surface area (Å²) in [4.78, 5) is 4.27. The number of benzene rings is 1. The quantitative estimate of drug-likeness (QED) is 0.806. The lowest BCUT2D eigenvalue weighted by atomic mass is 10.2. The second-order valence-electron chi connectivity index (χ2n) is 5.25. The predicted molar refractivity (Wildman–Crippen MR) is 84.0 cm³/mol. The molecule has 2 aromatic rings. The lowest BCUT2D eigenvalue weighted by Gasteiger charge is -2.04. The van der Waals surface area contributed by atoms with E-state index in [1.54, 1.807) is 6.26 Å². The molecule has 0 saturated carbocycles. The van der Waals surface area contributed by atoms with Crippen LogP contribution in [0.1, 0.15) is 25.1 Å². The summed E-state index contributed by atoms with van der Waals surface area (Å²) >= 11 is 0. The van der Waals surface area contributed by atoms with Crippen molar-refractivity contribution in [3.63, 3.8) is 0 Å². The van der Waals surface area contributed by atoms with Gasteiger partial charge in [-0.05, 0) is 24.1 Å². The van der Waals surface area contributed by atoms with E-state index in [1.807, 2.05) is 42.5 Å². The molecule has 4 heteroatoms. The molecule has 0 fully saturated rings. The van der Waals surface area contributed by atoms with Gasteiger partial charge in [0.05, 0.1) is 5.69 Å². The number of hydrogen-bond acceptors (Lipinski definition) is 4. The van der Waals surface area contributed by atoms with Crippen molar-refractivity contribution in [3.8, 4) is 6.08 Å². The summed E-state index contributed by atoms with van der Waals surface area (Å²) < 4.78 is 10.7. The number of ether oxygens (including phenoxy) is 1. The van der Waals surface area contributed by atoms with Gasteiger partial charge in [0.25, 0.3) is 0 Å². The van der Waals surface area contributed by atoms with Crippen molar-refractivity contribution in [2.24, 2.45) is 5.92 Å². The Balaban J connectivity index is 1.71. The van der Waals surface area contributed by atoms with Gasteiger partial charge in [0.2, 0.25) is 0 Å². The second-order valence-corrected chi connectivity index (χ2v) is 5.25. The Bertz CT molecular complexity index is 547. The van der Waals surface area contributed by atoms with E-state index in [2.05, 4.69) is 24.1 Å². The Labute approximate surface area is 125 Å². The van der Waals surface area contributed by atoms with Crippen LogP contribution in [0.5, 0.6) is 6.08 Å². The predicted octanol–water partition coefficient (Wildman–Crippen LogP) is 3.51. The summed E-state index contributed by atoms with van der Waals surface area (Å²) in [7, 11) is 0. The molecule has 0 aliphatic carbocycles. The minimum Gasteiger partial charge on any atom is -0.446 e. The van der Waals surface area contributed by atoms with Gasteiger partial charge in [-0.25, -0.2) is 0 Å². The van der Waals surface area contributed by atoms with Crippen molar-refractivity contribution >= 4 is 6.08 Å². The molecule has 2 rings (SSSR count). The van der Waals surface area contributed by atoms with Crippen molar-refractivity contribution in [1.29, 1.82) is 0 Å². The van der Waals surface area contributed by atoms with Gasteiger partial charge >= 0.3 is 6.08 Å². The second kappa shape index (κ2) is 8.27. The Morgan fingerprint density at radius 1 is 1.29 bits per heavy atom. The Hall–Kier alpha value is -2.07. The van der Waals surface area contributed by atoms with E-state index in [1.165, 1.54) is 0 Å². The van der Waals surface area contributed by atoms with Crippen LogP contribution in [-0.2, 0) is 6.54 Å². The van der Waals surface area contributed by atoms with E-state index in [4.69, 9.17) is 9.15 Å². The third-order valence-electron chi connectivity index (χ3n) is 2.80. The van der Waals surface area contributed by atoms with Crippen LogP contribution in [0, 0.1) is 5.92 Å². The Kier molecular flexibility index (Phi) is 6.03. The smallest absolute Gasteiger partial charge is 0.394 e. The van der Waals surface area contributed by atoms with Gasteiger partial charge in [0.1, 0.15) is 12.9 Å². The normalized spacial score (nSPS) is 11.4. The fourth-order valence-electron chi connectivity index (χ4n) is 1.79. The standard InChI is InChI=1S/C17H22N2O2/c1-14(2)11-18-12-16-13-21-17(19-16)20-10-6-9-15-7-4-3-5-8-15/h3-9,13-14,18H,10-12H2,1-2H3/b9-6+. The average molecular weight is 286 g/mol. The van der Waals surface area contributed by atoms with Gasteiger partial charge in [-0.1, -0.05) is 50.3 Å². The van der Waals surface area contributed by atoms with E-state index in [9.17, 15) is 0 Å². The monoisotopic (exact) mass is 286 g/mol. The Morgan fingerprint density at radius 2 is 2.10 bits per heavy atom. The van der Waals surface area contributed by atoms with E-state index in [0.717, 1.165) is 17.8 Å². The number of hydrogen-bond donors (Lipinski definition) is 1. The maximum atomic E-state index is 5.44. The Morgan fingerprint density at radius 3 is 2.86 bits per heavy atom.